The molecular formula is C18H19BrFN3O. The van der Waals surface area contributed by atoms with Crippen LogP contribution < -0.4 is 4.90 Å². The van der Waals surface area contributed by atoms with Crippen LogP contribution in [0, 0.1) is 11.7 Å². The van der Waals surface area contributed by atoms with Crippen molar-refractivity contribution >= 4 is 38.4 Å². The van der Waals surface area contributed by atoms with Crippen molar-refractivity contribution in [2.75, 3.05) is 31.1 Å². The third-order valence-corrected chi connectivity index (χ3v) is 5.66. The van der Waals surface area contributed by atoms with Crippen LogP contribution in [0.2, 0.25) is 0 Å². The van der Waals surface area contributed by atoms with E-state index in [0.717, 1.165) is 56.5 Å². The van der Waals surface area contributed by atoms with E-state index < -0.39 is 0 Å². The fourth-order valence-electron chi connectivity index (χ4n) is 3.78. The van der Waals surface area contributed by atoms with Crippen molar-refractivity contribution in [3.05, 3.63) is 34.7 Å². The molecule has 4 nitrogen and oxygen atoms in total. The highest BCUT2D eigenvalue weighted by Gasteiger charge is 2.33. The van der Waals surface area contributed by atoms with Crippen LogP contribution in [0.25, 0.3) is 10.9 Å². The first-order chi connectivity index (χ1) is 11.6. The summed E-state index contributed by atoms with van der Waals surface area (Å²) in [6.07, 6.45) is 4.83. The van der Waals surface area contributed by atoms with Gasteiger partial charge in [-0.05, 0) is 47.3 Å². The van der Waals surface area contributed by atoms with Gasteiger partial charge in [-0.25, -0.2) is 4.39 Å². The second-order valence-corrected chi connectivity index (χ2v) is 7.43. The van der Waals surface area contributed by atoms with Crippen molar-refractivity contribution in [2.24, 2.45) is 5.92 Å². The van der Waals surface area contributed by atoms with Gasteiger partial charge in [0.15, 0.2) is 0 Å². The van der Waals surface area contributed by atoms with Gasteiger partial charge in [-0.2, -0.15) is 0 Å². The summed E-state index contributed by atoms with van der Waals surface area (Å²) in [4.78, 5) is 21.1. The topological polar surface area (TPSA) is 36.4 Å². The summed E-state index contributed by atoms with van der Waals surface area (Å²) in [7, 11) is 0. The molecule has 0 bridgehead atoms. The number of amides is 1. The Morgan fingerprint density at radius 3 is 2.83 bits per heavy atom. The molecule has 1 aromatic heterocycles. The van der Waals surface area contributed by atoms with Gasteiger partial charge in [-0.15, -0.1) is 0 Å². The number of hydrogen-bond acceptors (Lipinski definition) is 3. The van der Waals surface area contributed by atoms with Gasteiger partial charge >= 0.3 is 0 Å². The molecule has 0 radical (unpaired) electrons. The molecule has 1 unspecified atom stereocenters. The summed E-state index contributed by atoms with van der Waals surface area (Å²) >= 11 is 3.26. The van der Waals surface area contributed by atoms with E-state index in [4.69, 9.17) is 0 Å². The zero-order chi connectivity index (χ0) is 16.7. The van der Waals surface area contributed by atoms with Crippen molar-refractivity contribution in [3.63, 3.8) is 0 Å². The number of likely N-dealkylation sites (tertiary alicyclic amines) is 1. The molecule has 4 rings (SSSR count). The molecule has 2 aromatic rings. The second-order valence-electron chi connectivity index (χ2n) is 6.58. The summed E-state index contributed by atoms with van der Waals surface area (Å²) in [6.45, 7) is 3.38. The van der Waals surface area contributed by atoms with Gasteiger partial charge in [-0.1, -0.05) is 0 Å². The lowest BCUT2D eigenvalue weighted by Crippen LogP contribution is -2.35. The third-order valence-electron chi connectivity index (χ3n) is 5.06. The van der Waals surface area contributed by atoms with Gasteiger partial charge in [0.05, 0.1) is 15.9 Å². The number of carbonyl (C=O) groups is 1. The highest BCUT2D eigenvalue weighted by Crippen LogP contribution is 2.33. The molecule has 0 spiro atoms. The fraction of sp³-hybridized carbons (Fsp3) is 0.444. The summed E-state index contributed by atoms with van der Waals surface area (Å²) in [6, 6.07) is 5.18. The summed E-state index contributed by atoms with van der Waals surface area (Å²) < 4.78 is 14.2. The third kappa shape index (κ3) is 2.77. The average Bonchev–Trinajstić information content (AvgIpc) is 3.27. The molecule has 2 aliphatic heterocycles. The number of halogens is 2. The predicted octanol–water partition coefficient (Wildman–Crippen LogP) is 3.59. The summed E-state index contributed by atoms with van der Waals surface area (Å²) in [5.74, 6) is 0.0476. The Bertz CT molecular complexity index is 791. The molecule has 1 aromatic carbocycles. The van der Waals surface area contributed by atoms with E-state index in [-0.39, 0.29) is 11.7 Å². The maximum atomic E-state index is 13.7. The molecule has 2 saturated heterocycles. The van der Waals surface area contributed by atoms with Crippen LogP contribution in [-0.4, -0.2) is 42.0 Å². The number of aromatic nitrogens is 1. The lowest BCUT2D eigenvalue weighted by Gasteiger charge is -2.22. The molecule has 126 valence electrons. The minimum atomic E-state index is -0.310. The van der Waals surface area contributed by atoms with E-state index >= 15 is 0 Å². The van der Waals surface area contributed by atoms with E-state index in [1.54, 1.807) is 12.3 Å². The van der Waals surface area contributed by atoms with Crippen molar-refractivity contribution in [1.82, 2.24) is 9.88 Å². The highest BCUT2D eigenvalue weighted by atomic mass is 79.9. The molecule has 3 heterocycles. The lowest BCUT2D eigenvalue weighted by atomic mass is 10.1. The minimum absolute atomic E-state index is 0.0650. The highest BCUT2D eigenvalue weighted by molar-refractivity contribution is 9.10. The zero-order valence-corrected chi connectivity index (χ0v) is 14.9. The van der Waals surface area contributed by atoms with Gasteiger partial charge in [0, 0.05) is 49.5 Å². The van der Waals surface area contributed by atoms with E-state index in [9.17, 15) is 9.18 Å². The van der Waals surface area contributed by atoms with Crippen LogP contribution in [-0.2, 0) is 4.79 Å². The Balaban J connectivity index is 1.60. The van der Waals surface area contributed by atoms with Gasteiger partial charge in [0.1, 0.15) is 5.82 Å². The van der Waals surface area contributed by atoms with E-state index in [1.807, 2.05) is 11.0 Å². The number of carbonyl (C=O) groups excluding carboxylic acids is 1. The largest absolute Gasteiger partial charge is 0.370 e. The number of rotatable bonds is 2. The minimum Gasteiger partial charge on any atom is -0.370 e. The Morgan fingerprint density at radius 2 is 2.04 bits per heavy atom. The van der Waals surface area contributed by atoms with Crippen molar-refractivity contribution in [3.8, 4) is 0 Å². The Kier molecular flexibility index (Phi) is 4.16. The van der Waals surface area contributed by atoms with Gasteiger partial charge < -0.3 is 9.80 Å². The second kappa shape index (κ2) is 6.31. The summed E-state index contributed by atoms with van der Waals surface area (Å²) in [5.41, 5.74) is 1.67. The number of nitrogens with zero attached hydrogens (tertiary/aromatic N) is 3. The molecule has 24 heavy (non-hydrogen) atoms. The van der Waals surface area contributed by atoms with Crippen LogP contribution in [0.15, 0.2) is 28.9 Å². The first-order valence-corrected chi connectivity index (χ1v) is 9.20. The molecular weight excluding hydrogens is 373 g/mol. The van der Waals surface area contributed by atoms with E-state index in [0.29, 0.717) is 15.9 Å². The molecule has 1 amide bonds. The molecule has 1 atom stereocenters. The smallest absolute Gasteiger partial charge is 0.227 e. The van der Waals surface area contributed by atoms with Gasteiger partial charge in [0.2, 0.25) is 5.91 Å². The first kappa shape index (κ1) is 15.8. The maximum absolute atomic E-state index is 13.7. The molecule has 2 aliphatic rings. The SMILES string of the molecule is O=C(C1CCN(c2ccnc3cc(F)c(Br)cc23)C1)N1CCCC1. The number of benzene rings is 1. The number of pyridine rings is 1. The molecule has 2 fully saturated rings. The molecule has 0 aliphatic carbocycles. The van der Waals surface area contributed by atoms with Crippen LogP contribution in [0.5, 0.6) is 0 Å². The van der Waals surface area contributed by atoms with Crippen LogP contribution in [0.4, 0.5) is 10.1 Å². The van der Waals surface area contributed by atoms with Crippen LogP contribution in [0.3, 0.4) is 0 Å². The van der Waals surface area contributed by atoms with Gasteiger partial charge in [0.25, 0.3) is 0 Å². The van der Waals surface area contributed by atoms with Gasteiger partial charge in [-0.3, -0.25) is 9.78 Å². The average molecular weight is 392 g/mol. The van der Waals surface area contributed by atoms with Crippen molar-refractivity contribution in [2.45, 2.75) is 19.3 Å². The standard InChI is InChI=1S/C18H19BrFN3O/c19-14-9-13-16(10-15(14)20)21-5-3-17(13)23-8-4-12(11-23)18(24)22-6-1-2-7-22/h3,5,9-10,12H,1-2,4,6-8,11H2. The monoisotopic (exact) mass is 391 g/mol. The molecule has 0 saturated carbocycles. The summed E-state index contributed by atoms with van der Waals surface area (Å²) in [5, 5.41) is 0.917. The van der Waals surface area contributed by atoms with E-state index in [2.05, 4.69) is 25.8 Å². The molecule has 6 heteroatoms. The zero-order valence-electron chi connectivity index (χ0n) is 13.3. The molecule has 0 N–H and O–H groups in total. The van der Waals surface area contributed by atoms with E-state index in [1.165, 1.54) is 6.07 Å². The Morgan fingerprint density at radius 1 is 1.25 bits per heavy atom. The fourth-order valence-corrected chi connectivity index (χ4v) is 4.12. The Labute approximate surface area is 148 Å². The van der Waals surface area contributed by atoms with Crippen molar-refractivity contribution in [1.29, 1.82) is 0 Å². The number of fused-ring (bicyclic) bond motifs is 1. The normalized spacial score (nSPS) is 21.0. The lowest BCUT2D eigenvalue weighted by molar-refractivity contribution is -0.133. The van der Waals surface area contributed by atoms with Crippen molar-refractivity contribution < 1.29 is 9.18 Å². The maximum Gasteiger partial charge on any atom is 0.227 e. The quantitative estimate of drug-likeness (QED) is 0.784. The number of hydrogen-bond donors (Lipinski definition) is 0. The Hall–Kier alpha value is -1.69. The first-order valence-electron chi connectivity index (χ1n) is 8.41. The van der Waals surface area contributed by atoms with Crippen LogP contribution in [0.1, 0.15) is 19.3 Å². The van der Waals surface area contributed by atoms with Crippen LogP contribution >= 0.6 is 15.9 Å². The predicted molar refractivity (Wildman–Crippen MR) is 95.5 cm³/mol. The number of anilines is 1.